The van der Waals surface area contributed by atoms with Crippen LogP contribution in [0.25, 0.3) is 0 Å². The molecule has 1 aliphatic rings. The molecule has 2 rings (SSSR count). The quantitative estimate of drug-likeness (QED) is 0.640. The molecule has 0 aliphatic carbocycles. The van der Waals surface area contributed by atoms with Gasteiger partial charge in [0.2, 0.25) is 0 Å². The molecule has 4 nitrogen and oxygen atoms in total. The molecule has 1 atom stereocenters. The maximum Gasteiger partial charge on any atom is 0.184 e. The predicted molar refractivity (Wildman–Crippen MR) is 78.3 cm³/mol. The zero-order valence-corrected chi connectivity index (χ0v) is 11.3. The number of nitrogens with two attached hydrogens (primary N) is 1. The summed E-state index contributed by atoms with van der Waals surface area (Å²) in [6, 6.07) is 10.8. The molecular weight excluding hydrogens is 244 g/mol. The van der Waals surface area contributed by atoms with Crippen LogP contribution in [0.5, 0.6) is 0 Å². The minimum Gasteiger partial charge on any atom is -0.375 e. The van der Waals surface area contributed by atoms with E-state index in [2.05, 4.69) is 46.6 Å². The van der Waals surface area contributed by atoms with Gasteiger partial charge in [0.1, 0.15) is 0 Å². The second-order valence-electron chi connectivity index (χ2n) is 4.46. The van der Waals surface area contributed by atoms with Crippen molar-refractivity contribution in [3.05, 3.63) is 35.9 Å². The summed E-state index contributed by atoms with van der Waals surface area (Å²) in [4.78, 5) is 2.40. The van der Waals surface area contributed by atoms with Crippen LogP contribution in [0.2, 0.25) is 0 Å². The summed E-state index contributed by atoms with van der Waals surface area (Å²) in [5.74, 6) is 0. The molecule has 1 aliphatic heterocycles. The third-order valence-corrected chi connectivity index (χ3v) is 3.31. The minimum atomic E-state index is 0.219. The van der Waals surface area contributed by atoms with Crippen molar-refractivity contribution in [2.24, 2.45) is 10.8 Å². The lowest BCUT2D eigenvalue weighted by Crippen LogP contribution is -2.32. The Bertz CT molecular complexity index is 444. The van der Waals surface area contributed by atoms with Gasteiger partial charge in [-0.25, -0.2) is 0 Å². The standard InChI is InChI=1S/C13H18N4S/c1-10-12(15-16-13(14)18)7-8-17(10)9-11-5-3-2-4-6-11/h2-6,10H,7-9H2,1H3,(H3,14,16,18)/b15-12+. The molecule has 0 saturated carbocycles. The first kappa shape index (κ1) is 13.0. The maximum atomic E-state index is 5.37. The third-order valence-electron chi connectivity index (χ3n) is 3.22. The van der Waals surface area contributed by atoms with Crippen molar-refractivity contribution in [1.82, 2.24) is 10.3 Å². The van der Waals surface area contributed by atoms with Crippen molar-refractivity contribution >= 4 is 23.0 Å². The van der Waals surface area contributed by atoms with Gasteiger partial charge in [-0.15, -0.1) is 0 Å². The molecule has 0 spiro atoms. The molecule has 1 heterocycles. The van der Waals surface area contributed by atoms with Crippen molar-refractivity contribution in [3.8, 4) is 0 Å². The van der Waals surface area contributed by atoms with Gasteiger partial charge in [-0.05, 0) is 24.7 Å². The van der Waals surface area contributed by atoms with Crippen LogP contribution in [0.1, 0.15) is 18.9 Å². The van der Waals surface area contributed by atoms with Crippen LogP contribution >= 0.6 is 12.2 Å². The van der Waals surface area contributed by atoms with Gasteiger partial charge in [0.15, 0.2) is 5.11 Å². The largest absolute Gasteiger partial charge is 0.375 e. The van der Waals surface area contributed by atoms with E-state index in [0.717, 1.165) is 25.2 Å². The monoisotopic (exact) mass is 262 g/mol. The second-order valence-corrected chi connectivity index (χ2v) is 4.90. The van der Waals surface area contributed by atoms with Crippen LogP contribution in [0, 0.1) is 0 Å². The average molecular weight is 262 g/mol. The van der Waals surface area contributed by atoms with Crippen molar-refractivity contribution in [2.75, 3.05) is 6.54 Å². The number of hydrogen-bond donors (Lipinski definition) is 2. The lowest BCUT2D eigenvalue weighted by molar-refractivity contribution is 0.281. The number of rotatable bonds is 3. The van der Waals surface area contributed by atoms with E-state index in [0.29, 0.717) is 6.04 Å². The van der Waals surface area contributed by atoms with E-state index in [9.17, 15) is 0 Å². The van der Waals surface area contributed by atoms with E-state index in [-0.39, 0.29) is 5.11 Å². The van der Waals surface area contributed by atoms with Crippen LogP contribution in [0.4, 0.5) is 0 Å². The molecule has 1 aromatic rings. The van der Waals surface area contributed by atoms with Crippen LogP contribution in [-0.2, 0) is 6.54 Å². The number of benzene rings is 1. The zero-order chi connectivity index (χ0) is 13.0. The fourth-order valence-electron chi connectivity index (χ4n) is 2.18. The fourth-order valence-corrected chi connectivity index (χ4v) is 2.23. The van der Waals surface area contributed by atoms with E-state index in [1.165, 1.54) is 5.56 Å². The number of likely N-dealkylation sites (tertiary alicyclic amines) is 1. The molecule has 1 saturated heterocycles. The van der Waals surface area contributed by atoms with E-state index < -0.39 is 0 Å². The molecule has 0 radical (unpaired) electrons. The van der Waals surface area contributed by atoms with Gasteiger partial charge in [0.05, 0.1) is 5.71 Å². The van der Waals surface area contributed by atoms with Gasteiger partial charge in [-0.2, -0.15) is 5.10 Å². The molecule has 3 N–H and O–H groups in total. The van der Waals surface area contributed by atoms with Gasteiger partial charge in [0, 0.05) is 25.6 Å². The summed E-state index contributed by atoms with van der Waals surface area (Å²) in [5, 5.41) is 4.47. The topological polar surface area (TPSA) is 53.6 Å². The van der Waals surface area contributed by atoms with E-state index in [4.69, 9.17) is 18.0 Å². The Balaban J connectivity index is 1.97. The lowest BCUT2D eigenvalue weighted by atomic mass is 10.2. The molecule has 0 bridgehead atoms. The van der Waals surface area contributed by atoms with Crippen LogP contribution in [-0.4, -0.2) is 28.3 Å². The number of nitrogens with one attached hydrogen (secondary N) is 1. The first-order valence-electron chi connectivity index (χ1n) is 6.06. The summed E-state index contributed by atoms with van der Waals surface area (Å²) in [6.07, 6.45) is 0.962. The van der Waals surface area contributed by atoms with Crippen LogP contribution < -0.4 is 11.2 Å². The lowest BCUT2D eigenvalue weighted by Gasteiger charge is -2.20. The Labute approximate surface area is 113 Å². The second kappa shape index (κ2) is 5.93. The van der Waals surface area contributed by atoms with Crippen molar-refractivity contribution in [3.63, 3.8) is 0 Å². The SMILES string of the molecule is CC1/C(=N/NC(N)=S)CCN1Cc1ccccc1. The Kier molecular flexibility index (Phi) is 4.28. The Morgan fingerprint density at radius 1 is 1.50 bits per heavy atom. The smallest absolute Gasteiger partial charge is 0.184 e. The van der Waals surface area contributed by atoms with Crippen molar-refractivity contribution in [1.29, 1.82) is 0 Å². The fraction of sp³-hybridized carbons (Fsp3) is 0.385. The Morgan fingerprint density at radius 3 is 2.89 bits per heavy atom. The normalized spacial score (nSPS) is 22.3. The van der Waals surface area contributed by atoms with Gasteiger partial charge >= 0.3 is 0 Å². The molecule has 1 unspecified atom stereocenters. The highest BCUT2D eigenvalue weighted by molar-refractivity contribution is 7.80. The summed E-state index contributed by atoms with van der Waals surface area (Å²) in [7, 11) is 0. The van der Waals surface area contributed by atoms with Gasteiger partial charge in [-0.3, -0.25) is 10.3 Å². The third kappa shape index (κ3) is 3.27. The minimum absolute atomic E-state index is 0.219. The van der Waals surface area contributed by atoms with Crippen LogP contribution in [0.15, 0.2) is 35.4 Å². The molecule has 18 heavy (non-hydrogen) atoms. The number of hydrazone groups is 1. The van der Waals surface area contributed by atoms with Gasteiger partial charge < -0.3 is 5.73 Å². The number of nitrogens with zero attached hydrogens (tertiary/aromatic N) is 2. The van der Waals surface area contributed by atoms with Crippen molar-refractivity contribution in [2.45, 2.75) is 25.9 Å². The van der Waals surface area contributed by atoms with Crippen molar-refractivity contribution < 1.29 is 0 Å². The van der Waals surface area contributed by atoms with Crippen LogP contribution in [0.3, 0.4) is 0 Å². The number of hydrogen-bond acceptors (Lipinski definition) is 3. The number of thiocarbonyl (C=S) groups is 1. The molecule has 1 fully saturated rings. The highest BCUT2D eigenvalue weighted by Crippen LogP contribution is 2.17. The summed E-state index contributed by atoms with van der Waals surface area (Å²) in [6.45, 7) is 4.14. The molecule has 0 aromatic heterocycles. The average Bonchev–Trinajstić information content (AvgIpc) is 2.70. The van der Waals surface area contributed by atoms with E-state index in [1.807, 2.05) is 6.07 Å². The first-order chi connectivity index (χ1) is 8.66. The first-order valence-corrected chi connectivity index (χ1v) is 6.47. The summed E-state index contributed by atoms with van der Waals surface area (Å²) in [5.41, 5.74) is 10.5. The van der Waals surface area contributed by atoms with E-state index >= 15 is 0 Å². The Morgan fingerprint density at radius 2 is 2.22 bits per heavy atom. The summed E-state index contributed by atoms with van der Waals surface area (Å²) < 4.78 is 0. The van der Waals surface area contributed by atoms with Gasteiger partial charge in [-0.1, -0.05) is 30.3 Å². The summed E-state index contributed by atoms with van der Waals surface area (Å²) >= 11 is 4.75. The predicted octanol–water partition coefficient (Wildman–Crippen LogP) is 1.47. The Hall–Kier alpha value is -1.46. The highest BCUT2D eigenvalue weighted by Gasteiger charge is 2.26. The molecule has 1 aromatic carbocycles. The van der Waals surface area contributed by atoms with Gasteiger partial charge in [0.25, 0.3) is 0 Å². The molecule has 0 amide bonds. The zero-order valence-electron chi connectivity index (χ0n) is 10.5. The van der Waals surface area contributed by atoms with E-state index in [1.54, 1.807) is 0 Å². The molecule has 5 heteroatoms. The molecular formula is C13H18N4S. The highest BCUT2D eigenvalue weighted by atomic mass is 32.1. The maximum absolute atomic E-state index is 5.37. The molecule has 96 valence electrons.